The second-order valence-electron chi connectivity index (χ2n) is 7.56. The van der Waals surface area contributed by atoms with Crippen molar-refractivity contribution in [3.63, 3.8) is 0 Å². The molecule has 4 amide bonds. The molecule has 1 unspecified atom stereocenters. The first kappa shape index (κ1) is 21.2. The minimum Gasteiger partial charge on any atom is -0.326 e. The van der Waals surface area contributed by atoms with E-state index in [-0.39, 0.29) is 13.0 Å². The maximum absolute atomic E-state index is 13.3. The van der Waals surface area contributed by atoms with Crippen LogP contribution in [-0.4, -0.2) is 33.8 Å². The van der Waals surface area contributed by atoms with E-state index in [1.54, 1.807) is 36.7 Å². The number of carbonyl (C=O) groups is 3. The molecule has 1 aromatic heterocycles. The van der Waals surface area contributed by atoms with Gasteiger partial charge in [-0.3, -0.25) is 14.6 Å². The Morgan fingerprint density at radius 3 is 2.44 bits per heavy atom. The van der Waals surface area contributed by atoms with Crippen LogP contribution in [0.2, 0.25) is 0 Å². The number of benzene rings is 2. The maximum atomic E-state index is 13.3. The van der Waals surface area contributed by atoms with Crippen molar-refractivity contribution < 1.29 is 18.8 Å². The largest absolute Gasteiger partial charge is 0.332 e. The summed E-state index contributed by atoms with van der Waals surface area (Å²) in [5.41, 5.74) is 2.59. The molecule has 0 saturated carbocycles. The van der Waals surface area contributed by atoms with Gasteiger partial charge in [0.15, 0.2) is 0 Å². The van der Waals surface area contributed by atoms with Gasteiger partial charge in [-0.1, -0.05) is 23.8 Å². The highest BCUT2D eigenvalue weighted by Gasteiger charge is 2.46. The topological polar surface area (TPSA) is 82.6 Å². The summed E-state index contributed by atoms with van der Waals surface area (Å²) >= 11 is 0. The Morgan fingerprint density at radius 1 is 1.06 bits per heavy atom. The molecule has 2 aromatic carbocycles. The lowest BCUT2D eigenvalue weighted by Crippen LogP contribution is -2.37. The molecule has 162 valence electrons. The van der Waals surface area contributed by atoms with Crippen LogP contribution in [-0.2, 0) is 16.1 Å². The van der Waals surface area contributed by atoms with Crippen LogP contribution in [0, 0.1) is 12.7 Å². The molecule has 7 nitrogen and oxygen atoms in total. The minimum absolute atomic E-state index is 0.134. The average Bonchev–Trinajstić information content (AvgIpc) is 3.01. The number of halogens is 1. The Kier molecular flexibility index (Phi) is 5.93. The number of aryl methyl sites for hydroxylation is 1. The highest BCUT2D eigenvalue weighted by Crippen LogP contribution is 2.28. The van der Waals surface area contributed by atoms with Crippen LogP contribution in [0.4, 0.5) is 20.6 Å². The van der Waals surface area contributed by atoms with Crippen LogP contribution in [0.5, 0.6) is 0 Å². The summed E-state index contributed by atoms with van der Waals surface area (Å²) in [4.78, 5) is 45.7. The van der Waals surface area contributed by atoms with Gasteiger partial charge >= 0.3 is 6.03 Å². The molecule has 1 atom stereocenters. The van der Waals surface area contributed by atoms with Crippen LogP contribution < -0.4 is 10.2 Å². The molecule has 32 heavy (non-hydrogen) atoms. The molecular formula is C24H21FN4O3. The number of amides is 4. The lowest BCUT2D eigenvalue weighted by molar-refractivity contribution is -0.124. The highest BCUT2D eigenvalue weighted by molar-refractivity contribution is 6.22. The number of hydrogen-bond acceptors (Lipinski definition) is 4. The smallest absolute Gasteiger partial charge is 0.326 e. The zero-order valence-corrected chi connectivity index (χ0v) is 17.4. The quantitative estimate of drug-likeness (QED) is 0.599. The third-order valence-electron chi connectivity index (χ3n) is 5.19. The fourth-order valence-corrected chi connectivity index (χ4v) is 3.55. The van der Waals surface area contributed by atoms with E-state index in [1.807, 2.05) is 19.1 Å². The SMILES string of the molecule is Cc1ccc(N2C(=O)C(CC(=O)Nc3ccc(F)cc3)N(Cc3cccnc3)C2=O)cc1. The predicted molar refractivity (Wildman–Crippen MR) is 117 cm³/mol. The molecule has 0 aliphatic carbocycles. The molecular weight excluding hydrogens is 411 g/mol. The zero-order chi connectivity index (χ0) is 22.7. The third-order valence-corrected chi connectivity index (χ3v) is 5.19. The molecule has 1 aliphatic heterocycles. The van der Waals surface area contributed by atoms with Crippen LogP contribution >= 0.6 is 0 Å². The zero-order valence-electron chi connectivity index (χ0n) is 17.4. The first-order valence-corrected chi connectivity index (χ1v) is 10.1. The Morgan fingerprint density at radius 2 is 1.78 bits per heavy atom. The number of imide groups is 1. The lowest BCUT2D eigenvalue weighted by Gasteiger charge is -2.21. The molecule has 1 N–H and O–H groups in total. The maximum Gasteiger partial charge on any atom is 0.332 e. The summed E-state index contributed by atoms with van der Waals surface area (Å²) in [6.45, 7) is 2.05. The van der Waals surface area contributed by atoms with Gasteiger partial charge in [0.2, 0.25) is 5.91 Å². The van der Waals surface area contributed by atoms with Gasteiger partial charge in [-0.25, -0.2) is 14.1 Å². The minimum atomic E-state index is -0.982. The van der Waals surface area contributed by atoms with Gasteiger partial charge in [0, 0.05) is 24.6 Å². The van der Waals surface area contributed by atoms with Gasteiger partial charge in [0.1, 0.15) is 11.9 Å². The van der Waals surface area contributed by atoms with Gasteiger partial charge in [0.25, 0.3) is 5.91 Å². The van der Waals surface area contributed by atoms with Crippen molar-refractivity contribution in [2.75, 3.05) is 10.2 Å². The van der Waals surface area contributed by atoms with Crippen molar-refractivity contribution in [2.45, 2.75) is 25.9 Å². The molecule has 3 aromatic rings. The summed E-state index contributed by atoms with van der Waals surface area (Å²) in [5.74, 6) is -1.35. The fourth-order valence-electron chi connectivity index (χ4n) is 3.55. The Labute approximate surface area is 184 Å². The first-order valence-electron chi connectivity index (χ1n) is 10.1. The highest BCUT2D eigenvalue weighted by atomic mass is 19.1. The van der Waals surface area contributed by atoms with Crippen LogP contribution in [0.15, 0.2) is 73.1 Å². The van der Waals surface area contributed by atoms with Crippen molar-refractivity contribution in [2.24, 2.45) is 0 Å². The second-order valence-corrected chi connectivity index (χ2v) is 7.56. The average molecular weight is 432 g/mol. The second kappa shape index (κ2) is 8.97. The van der Waals surface area contributed by atoms with E-state index in [4.69, 9.17) is 0 Å². The van der Waals surface area contributed by atoms with Crippen LogP contribution in [0.1, 0.15) is 17.5 Å². The van der Waals surface area contributed by atoms with Crippen molar-refractivity contribution in [1.82, 2.24) is 9.88 Å². The van der Waals surface area contributed by atoms with Crippen molar-refractivity contribution >= 4 is 29.2 Å². The van der Waals surface area contributed by atoms with Gasteiger partial charge in [-0.05, 0) is 55.0 Å². The normalized spacial score (nSPS) is 15.9. The number of carbonyl (C=O) groups excluding carboxylic acids is 3. The van der Waals surface area contributed by atoms with E-state index in [2.05, 4.69) is 10.3 Å². The summed E-state index contributed by atoms with van der Waals surface area (Å²) in [5, 5.41) is 2.65. The monoisotopic (exact) mass is 432 g/mol. The van der Waals surface area contributed by atoms with Gasteiger partial charge in [-0.2, -0.15) is 0 Å². The van der Waals surface area contributed by atoms with Crippen molar-refractivity contribution in [3.05, 3.63) is 90.0 Å². The molecule has 2 heterocycles. The number of pyridine rings is 1. The molecule has 8 heteroatoms. The van der Waals surface area contributed by atoms with Crippen LogP contribution in [0.3, 0.4) is 0 Å². The Hall–Kier alpha value is -4.07. The number of rotatable bonds is 6. The van der Waals surface area contributed by atoms with Gasteiger partial charge < -0.3 is 10.2 Å². The van der Waals surface area contributed by atoms with E-state index in [0.29, 0.717) is 11.4 Å². The molecule has 1 saturated heterocycles. The predicted octanol–water partition coefficient (Wildman–Crippen LogP) is 3.90. The summed E-state index contributed by atoms with van der Waals surface area (Å²) in [6.07, 6.45) is 3.00. The summed E-state index contributed by atoms with van der Waals surface area (Å²) in [7, 11) is 0. The fraction of sp³-hybridized carbons (Fsp3) is 0.167. The molecule has 0 radical (unpaired) electrons. The number of aromatic nitrogens is 1. The number of anilines is 2. The molecule has 0 spiro atoms. The number of urea groups is 1. The number of nitrogens with zero attached hydrogens (tertiary/aromatic N) is 3. The first-order chi connectivity index (χ1) is 15.4. The standard InChI is InChI=1S/C24H21FN4O3/c1-16-4-10-20(11-5-16)29-23(31)21(13-22(30)27-19-8-6-18(25)7-9-19)28(24(29)32)15-17-3-2-12-26-14-17/h2-12,14,21H,13,15H2,1H3,(H,27,30). The molecule has 1 aliphatic rings. The number of nitrogens with one attached hydrogen (secondary N) is 1. The van der Waals surface area contributed by atoms with Crippen molar-refractivity contribution in [3.8, 4) is 0 Å². The summed E-state index contributed by atoms with van der Waals surface area (Å²) < 4.78 is 13.1. The van der Waals surface area contributed by atoms with E-state index in [1.165, 1.54) is 29.2 Å². The lowest BCUT2D eigenvalue weighted by atomic mass is 10.1. The summed E-state index contributed by atoms with van der Waals surface area (Å²) in [6, 6.07) is 14.4. The Balaban J connectivity index is 1.59. The van der Waals surface area contributed by atoms with Crippen molar-refractivity contribution in [1.29, 1.82) is 0 Å². The van der Waals surface area contributed by atoms with E-state index >= 15 is 0 Å². The number of hydrogen-bond donors (Lipinski definition) is 1. The molecule has 1 fully saturated rings. The van der Waals surface area contributed by atoms with E-state index in [9.17, 15) is 18.8 Å². The van der Waals surface area contributed by atoms with E-state index in [0.717, 1.165) is 16.0 Å². The van der Waals surface area contributed by atoms with Gasteiger partial charge in [0.05, 0.1) is 12.1 Å². The third kappa shape index (κ3) is 4.49. The van der Waals surface area contributed by atoms with E-state index < -0.39 is 29.7 Å². The molecule has 4 rings (SSSR count). The molecule has 0 bridgehead atoms. The van der Waals surface area contributed by atoms with Crippen LogP contribution in [0.25, 0.3) is 0 Å². The Bertz CT molecular complexity index is 1130. The van der Waals surface area contributed by atoms with Gasteiger partial charge in [-0.15, -0.1) is 0 Å².